The van der Waals surface area contributed by atoms with E-state index in [1.54, 1.807) is 6.08 Å². The molecular weight excluding hydrogens is 286 g/mol. The van der Waals surface area contributed by atoms with E-state index in [4.69, 9.17) is 0 Å². The molecule has 17 heavy (non-hydrogen) atoms. The van der Waals surface area contributed by atoms with Crippen molar-refractivity contribution < 1.29 is 14.3 Å². The Balaban J connectivity index is 2.51. The number of ether oxygens (including phenoxy) is 1. The van der Waals surface area contributed by atoms with Crippen molar-refractivity contribution in [3.05, 3.63) is 40.4 Å². The average Bonchev–Trinajstić information content (AvgIpc) is 2.35. The maximum atomic E-state index is 11.3. The third-order valence-corrected chi connectivity index (χ3v) is 2.68. The Labute approximate surface area is 108 Å². The number of amides is 1. The molecule has 0 saturated carbocycles. The molecule has 0 spiro atoms. The maximum absolute atomic E-state index is 11.3. The minimum atomic E-state index is -0.479. The van der Waals surface area contributed by atoms with Crippen LogP contribution in [0.2, 0.25) is 0 Å². The Hall–Kier alpha value is -1.62. The zero-order chi connectivity index (χ0) is 12.7. The monoisotopic (exact) mass is 297 g/mol. The Kier molecular flexibility index (Phi) is 5.42. The predicted octanol–water partition coefficient (Wildman–Crippen LogP) is 1.75. The van der Waals surface area contributed by atoms with E-state index in [0.717, 1.165) is 10.0 Å². The minimum absolute atomic E-state index is 0.129. The van der Waals surface area contributed by atoms with Gasteiger partial charge in [-0.3, -0.25) is 9.59 Å². The fourth-order valence-corrected chi connectivity index (χ4v) is 1.48. The van der Waals surface area contributed by atoms with Crippen LogP contribution in [-0.4, -0.2) is 25.5 Å². The van der Waals surface area contributed by atoms with Gasteiger partial charge in [-0.15, -0.1) is 0 Å². The summed E-state index contributed by atoms with van der Waals surface area (Å²) in [5.41, 5.74) is 0.890. The highest BCUT2D eigenvalue weighted by Crippen LogP contribution is 2.16. The largest absolute Gasteiger partial charge is 0.468 e. The van der Waals surface area contributed by atoms with Crippen molar-refractivity contribution >= 4 is 33.9 Å². The number of hydrogen-bond donors (Lipinski definition) is 1. The average molecular weight is 298 g/mol. The predicted molar refractivity (Wildman–Crippen MR) is 68.2 cm³/mol. The number of esters is 1. The zero-order valence-electron chi connectivity index (χ0n) is 9.27. The van der Waals surface area contributed by atoms with Gasteiger partial charge in [0.25, 0.3) is 0 Å². The van der Waals surface area contributed by atoms with E-state index in [1.807, 2.05) is 24.3 Å². The van der Waals surface area contributed by atoms with Gasteiger partial charge in [-0.2, -0.15) is 0 Å². The first-order valence-electron chi connectivity index (χ1n) is 4.90. The molecule has 0 aromatic heterocycles. The second-order valence-corrected chi connectivity index (χ2v) is 4.00. The van der Waals surface area contributed by atoms with Gasteiger partial charge in [-0.25, -0.2) is 0 Å². The lowest BCUT2D eigenvalue weighted by Gasteiger charge is -2.00. The molecule has 0 bridgehead atoms. The van der Waals surface area contributed by atoms with Crippen molar-refractivity contribution in [1.29, 1.82) is 0 Å². The van der Waals surface area contributed by atoms with Crippen LogP contribution >= 0.6 is 15.9 Å². The van der Waals surface area contributed by atoms with E-state index in [9.17, 15) is 9.59 Å². The number of carbonyl (C=O) groups excluding carboxylic acids is 2. The van der Waals surface area contributed by atoms with Gasteiger partial charge in [-0.1, -0.05) is 34.1 Å². The van der Waals surface area contributed by atoms with Crippen molar-refractivity contribution in [3.8, 4) is 0 Å². The highest BCUT2D eigenvalue weighted by Gasteiger charge is 2.01. The molecule has 1 N–H and O–H groups in total. The SMILES string of the molecule is COC(=O)CNC(=O)C=Cc1ccccc1Br. The molecule has 0 atom stereocenters. The van der Waals surface area contributed by atoms with Crippen molar-refractivity contribution in [3.63, 3.8) is 0 Å². The summed E-state index contributed by atoms with van der Waals surface area (Å²) in [7, 11) is 1.27. The van der Waals surface area contributed by atoms with E-state index in [1.165, 1.54) is 13.2 Å². The van der Waals surface area contributed by atoms with E-state index >= 15 is 0 Å². The maximum Gasteiger partial charge on any atom is 0.325 e. The summed E-state index contributed by atoms with van der Waals surface area (Å²) in [6.45, 7) is -0.129. The number of rotatable bonds is 4. The Morgan fingerprint density at radius 1 is 1.41 bits per heavy atom. The molecular formula is C12H12BrNO3. The molecule has 0 aliphatic rings. The smallest absolute Gasteiger partial charge is 0.325 e. The zero-order valence-corrected chi connectivity index (χ0v) is 10.9. The van der Waals surface area contributed by atoms with Gasteiger partial charge < -0.3 is 10.1 Å². The summed E-state index contributed by atoms with van der Waals surface area (Å²) < 4.78 is 5.30. The lowest BCUT2D eigenvalue weighted by molar-refractivity contribution is -0.140. The summed E-state index contributed by atoms with van der Waals surface area (Å²) in [4.78, 5) is 22.1. The Morgan fingerprint density at radius 2 is 2.12 bits per heavy atom. The highest BCUT2D eigenvalue weighted by atomic mass is 79.9. The standard InChI is InChI=1S/C12H12BrNO3/c1-17-12(16)8-14-11(15)7-6-9-4-2-3-5-10(9)13/h2-7H,8H2,1H3,(H,14,15). The fraction of sp³-hybridized carbons (Fsp3) is 0.167. The van der Waals surface area contributed by atoms with Crippen LogP contribution in [0, 0.1) is 0 Å². The van der Waals surface area contributed by atoms with Crippen LogP contribution in [0.1, 0.15) is 5.56 Å². The Morgan fingerprint density at radius 3 is 2.76 bits per heavy atom. The number of hydrogen-bond acceptors (Lipinski definition) is 3. The molecule has 0 fully saturated rings. The van der Waals surface area contributed by atoms with Crippen molar-refractivity contribution in [2.45, 2.75) is 0 Å². The lowest BCUT2D eigenvalue weighted by Crippen LogP contribution is -2.28. The molecule has 1 aromatic carbocycles. The van der Waals surface area contributed by atoms with Crippen LogP contribution in [0.4, 0.5) is 0 Å². The second kappa shape index (κ2) is 6.85. The van der Waals surface area contributed by atoms with Gasteiger partial charge in [0.05, 0.1) is 7.11 Å². The van der Waals surface area contributed by atoms with Crippen LogP contribution in [-0.2, 0) is 14.3 Å². The number of benzene rings is 1. The van der Waals surface area contributed by atoms with Gasteiger partial charge in [0.2, 0.25) is 5.91 Å². The summed E-state index contributed by atoms with van der Waals surface area (Å²) in [5, 5.41) is 2.41. The van der Waals surface area contributed by atoms with Gasteiger partial charge in [0, 0.05) is 10.5 Å². The quantitative estimate of drug-likeness (QED) is 0.680. The third-order valence-electron chi connectivity index (χ3n) is 1.95. The van der Waals surface area contributed by atoms with Crippen LogP contribution in [0.5, 0.6) is 0 Å². The van der Waals surface area contributed by atoms with Gasteiger partial charge >= 0.3 is 5.97 Å². The molecule has 0 radical (unpaired) electrons. The molecule has 0 aliphatic heterocycles. The first kappa shape index (κ1) is 13.4. The molecule has 0 unspecified atom stereocenters. The number of carbonyl (C=O) groups is 2. The number of nitrogens with one attached hydrogen (secondary N) is 1. The third kappa shape index (κ3) is 4.82. The first-order valence-corrected chi connectivity index (χ1v) is 5.70. The van der Waals surface area contributed by atoms with Gasteiger partial charge in [0.1, 0.15) is 6.54 Å². The first-order chi connectivity index (χ1) is 8.13. The summed E-state index contributed by atoms with van der Waals surface area (Å²) in [5.74, 6) is -0.821. The minimum Gasteiger partial charge on any atom is -0.468 e. The van der Waals surface area contributed by atoms with E-state index in [0.29, 0.717) is 0 Å². The summed E-state index contributed by atoms with van der Waals surface area (Å²) in [6.07, 6.45) is 3.03. The number of methoxy groups -OCH3 is 1. The Bertz CT molecular complexity index is 443. The van der Waals surface area contributed by atoms with Crippen molar-refractivity contribution in [2.24, 2.45) is 0 Å². The molecule has 90 valence electrons. The van der Waals surface area contributed by atoms with Crippen molar-refractivity contribution in [1.82, 2.24) is 5.32 Å². The van der Waals surface area contributed by atoms with E-state index < -0.39 is 5.97 Å². The van der Waals surface area contributed by atoms with Crippen LogP contribution < -0.4 is 5.32 Å². The molecule has 1 aromatic rings. The summed E-state index contributed by atoms with van der Waals surface area (Å²) >= 11 is 3.36. The molecule has 5 heteroatoms. The summed E-state index contributed by atoms with van der Waals surface area (Å²) in [6, 6.07) is 7.51. The topological polar surface area (TPSA) is 55.4 Å². The fourth-order valence-electron chi connectivity index (χ4n) is 1.07. The lowest BCUT2D eigenvalue weighted by atomic mass is 10.2. The van der Waals surface area contributed by atoms with Crippen LogP contribution in [0.15, 0.2) is 34.8 Å². The van der Waals surface area contributed by atoms with Crippen LogP contribution in [0.25, 0.3) is 6.08 Å². The second-order valence-electron chi connectivity index (χ2n) is 3.15. The highest BCUT2D eigenvalue weighted by molar-refractivity contribution is 9.10. The molecule has 1 amide bonds. The molecule has 0 aliphatic carbocycles. The normalized spacial score (nSPS) is 10.2. The van der Waals surface area contributed by atoms with Crippen molar-refractivity contribution in [2.75, 3.05) is 13.7 Å². The molecule has 4 nitrogen and oxygen atoms in total. The van der Waals surface area contributed by atoms with Crippen LogP contribution in [0.3, 0.4) is 0 Å². The number of halogens is 1. The molecule has 0 saturated heterocycles. The molecule has 0 heterocycles. The molecule has 1 rings (SSSR count). The van der Waals surface area contributed by atoms with Gasteiger partial charge in [0.15, 0.2) is 0 Å². The van der Waals surface area contributed by atoms with Gasteiger partial charge in [-0.05, 0) is 17.7 Å². The van der Waals surface area contributed by atoms with E-state index in [2.05, 4.69) is 26.0 Å². The van der Waals surface area contributed by atoms with E-state index in [-0.39, 0.29) is 12.5 Å².